The Morgan fingerprint density at radius 1 is 1.16 bits per heavy atom. The van der Waals surface area contributed by atoms with Crippen LogP contribution in [-0.4, -0.2) is 36.5 Å². The first-order valence-electron chi connectivity index (χ1n) is 10.4. The third kappa shape index (κ3) is 9.83. The van der Waals surface area contributed by atoms with Crippen LogP contribution in [0.3, 0.4) is 0 Å². The Kier molecular flexibility index (Phi) is 10.9. The summed E-state index contributed by atoms with van der Waals surface area (Å²) in [5.41, 5.74) is 2.73. The zero-order valence-electron chi connectivity index (χ0n) is 17.6. The average molecular weight is 447 g/mol. The van der Waals surface area contributed by atoms with Crippen LogP contribution in [0.25, 0.3) is 0 Å². The molecule has 0 bridgehead atoms. The molecule has 167 valence electrons. The van der Waals surface area contributed by atoms with E-state index in [-0.39, 0.29) is 25.5 Å². The van der Waals surface area contributed by atoms with Gasteiger partial charge in [0.2, 0.25) is 5.91 Å². The molecule has 0 heterocycles. The highest BCUT2D eigenvalue weighted by atomic mass is 35.5. The van der Waals surface area contributed by atoms with E-state index in [4.69, 9.17) is 16.3 Å². The minimum Gasteiger partial charge on any atom is -0.447 e. The molecule has 31 heavy (non-hydrogen) atoms. The molecule has 2 aromatic carbocycles. The molecule has 7 nitrogen and oxygen atoms in total. The number of ether oxygens (including phenoxy) is 1. The van der Waals surface area contributed by atoms with Gasteiger partial charge in [0.15, 0.2) is 0 Å². The Balaban J connectivity index is 1.51. The minimum absolute atomic E-state index is 0.0205. The molecule has 0 fully saturated rings. The van der Waals surface area contributed by atoms with E-state index in [0.717, 1.165) is 12.0 Å². The molecule has 2 amide bonds. The summed E-state index contributed by atoms with van der Waals surface area (Å²) < 4.78 is 5.02. The van der Waals surface area contributed by atoms with E-state index in [9.17, 15) is 14.7 Å². The van der Waals surface area contributed by atoms with Gasteiger partial charge in [-0.05, 0) is 48.6 Å². The summed E-state index contributed by atoms with van der Waals surface area (Å²) >= 11 is 6.07. The van der Waals surface area contributed by atoms with Crippen LogP contribution in [0.5, 0.6) is 0 Å². The number of amides is 2. The van der Waals surface area contributed by atoms with E-state index < -0.39 is 12.3 Å². The molecular weight excluding hydrogens is 418 g/mol. The Morgan fingerprint density at radius 2 is 1.90 bits per heavy atom. The van der Waals surface area contributed by atoms with Crippen molar-refractivity contribution in [3.8, 4) is 0 Å². The van der Waals surface area contributed by atoms with E-state index >= 15 is 0 Å². The van der Waals surface area contributed by atoms with Crippen LogP contribution >= 0.6 is 11.6 Å². The molecule has 0 spiro atoms. The molecule has 0 aliphatic rings. The van der Waals surface area contributed by atoms with Crippen molar-refractivity contribution >= 4 is 29.3 Å². The first-order chi connectivity index (χ1) is 15.0. The fraction of sp³-hybridized carbons (Fsp3) is 0.391. The van der Waals surface area contributed by atoms with Gasteiger partial charge >= 0.3 is 6.09 Å². The summed E-state index contributed by atoms with van der Waals surface area (Å²) in [6.45, 7) is 2.63. The molecule has 0 aliphatic heterocycles. The number of hydrogen-bond donors (Lipinski definition) is 3. The summed E-state index contributed by atoms with van der Waals surface area (Å²) in [5.74, 6) is -0.280. The highest BCUT2D eigenvalue weighted by Crippen LogP contribution is 2.14. The van der Waals surface area contributed by atoms with Crippen LogP contribution in [-0.2, 0) is 22.5 Å². The molecule has 1 unspecified atom stereocenters. The van der Waals surface area contributed by atoms with Gasteiger partial charge in [-0.15, -0.1) is 0 Å². The van der Waals surface area contributed by atoms with Crippen LogP contribution in [0.15, 0.2) is 48.5 Å². The predicted octanol–water partition coefficient (Wildman–Crippen LogP) is 3.86. The molecule has 0 aromatic heterocycles. The first kappa shape index (κ1) is 24.7. The number of rotatable bonds is 12. The van der Waals surface area contributed by atoms with Crippen molar-refractivity contribution in [2.24, 2.45) is 0 Å². The van der Waals surface area contributed by atoms with Crippen molar-refractivity contribution in [1.82, 2.24) is 10.6 Å². The second-order valence-corrected chi connectivity index (χ2v) is 7.37. The molecule has 8 heteroatoms. The Labute approximate surface area is 188 Å². The van der Waals surface area contributed by atoms with Crippen LogP contribution in [0.2, 0.25) is 5.02 Å². The third-order valence-corrected chi connectivity index (χ3v) is 4.94. The lowest BCUT2D eigenvalue weighted by Gasteiger charge is -2.13. The number of halogens is 1. The van der Waals surface area contributed by atoms with Gasteiger partial charge < -0.3 is 9.84 Å². The molecule has 0 saturated heterocycles. The van der Waals surface area contributed by atoms with E-state index in [2.05, 4.69) is 22.9 Å². The van der Waals surface area contributed by atoms with Gasteiger partial charge in [0.05, 0.1) is 6.54 Å². The fourth-order valence-corrected chi connectivity index (χ4v) is 2.99. The van der Waals surface area contributed by atoms with Crippen LogP contribution in [0.1, 0.15) is 37.3 Å². The van der Waals surface area contributed by atoms with Crippen molar-refractivity contribution in [3.05, 3.63) is 64.7 Å². The lowest BCUT2D eigenvalue weighted by molar-refractivity contribution is -0.121. The van der Waals surface area contributed by atoms with Crippen LogP contribution < -0.4 is 16.0 Å². The zero-order chi connectivity index (χ0) is 22.5. The molecule has 2 aromatic rings. The third-order valence-electron chi connectivity index (χ3n) is 4.58. The van der Waals surface area contributed by atoms with E-state index in [0.29, 0.717) is 30.1 Å². The minimum atomic E-state index is -0.734. The van der Waals surface area contributed by atoms with Crippen molar-refractivity contribution in [3.63, 3.8) is 0 Å². The summed E-state index contributed by atoms with van der Waals surface area (Å²) in [5, 5.41) is 20.1. The van der Waals surface area contributed by atoms with Gasteiger partial charge in [-0.2, -0.15) is 0 Å². The number of benzene rings is 2. The van der Waals surface area contributed by atoms with Crippen molar-refractivity contribution < 1.29 is 19.4 Å². The fourth-order valence-electron chi connectivity index (χ4n) is 2.78. The Hall–Kier alpha value is -2.61. The normalized spacial score (nSPS) is 11.6. The lowest BCUT2D eigenvalue weighted by Crippen LogP contribution is -2.29. The molecule has 1 radical (unpaired) electrons. The molecule has 2 rings (SSSR count). The number of carbonyl (C=O) groups excluding carboxylic acids is 2. The number of aliphatic hydroxyl groups is 1. The second-order valence-electron chi connectivity index (χ2n) is 6.97. The van der Waals surface area contributed by atoms with E-state index in [1.54, 1.807) is 6.07 Å². The van der Waals surface area contributed by atoms with Gasteiger partial charge in [0.25, 0.3) is 0 Å². The predicted molar refractivity (Wildman–Crippen MR) is 121 cm³/mol. The summed E-state index contributed by atoms with van der Waals surface area (Å²) in [4.78, 5) is 23.5. The number of aryl methyl sites for hydroxylation is 1. The topological polar surface area (TPSA) is 102 Å². The number of nitrogens with zero attached hydrogens (tertiary/aromatic N) is 1. The molecule has 3 N–H and O–H groups in total. The van der Waals surface area contributed by atoms with Gasteiger partial charge in [-0.25, -0.2) is 10.1 Å². The maximum atomic E-state index is 11.8. The Bertz CT molecular complexity index is 830. The maximum Gasteiger partial charge on any atom is 0.411 e. The summed E-state index contributed by atoms with van der Waals surface area (Å²) in [7, 11) is 0. The quantitative estimate of drug-likeness (QED) is 0.339. The standard InChI is InChI=1S/C23H29ClN3O4/c1-2-17-10-12-19(13-11-17)27-23(30)31-15-14-25-21(28)8-5-9-22(29)26-16-18-6-3-4-7-20(18)24/h3-4,6-7,10-13,22,26,29H,2,5,8-9,14-16H2,1H3,(H,27,30). The number of hydrogen-bond acceptors (Lipinski definition) is 5. The lowest BCUT2D eigenvalue weighted by atomic mass is 10.1. The zero-order valence-corrected chi connectivity index (χ0v) is 18.4. The van der Waals surface area contributed by atoms with Gasteiger partial charge in [0.1, 0.15) is 12.8 Å². The van der Waals surface area contributed by atoms with Crippen molar-refractivity contribution in [2.45, 2.75) is 45.4 Å². The largest absolute Gasteiger partial charge is 0.447 e. The average Bonchev–Trinajstić information content (AvgIpc) is 2.77. The van der Waals surface area contributed by atoms with E-state index in [1.807, 2.05) is 42.5 Å². The van der Waals surface area contributed by atoms with Crippen LogP contribution in [0, 0.1) is 0 Å². The SMILES string of the molecule is CCc1ccc(NC(=O)OCC[N]C(=O)CCCC(O)NCc2ccccc2Cl)cc1. The van der Waals surface area contributed by atoms with Gasteiger partial charge in [-0.3, -0.25) is 15.4 Å². The number of anilines is 1. The monoisotopic (exact) mass is 446 g/mol. The molecular formula is C23H29ClN3O4. The highest BCUT2D eigenvalue weighted by molar-refractivity contribution is 6.31. The van der Waals surface area contributed by atoms with Crippen molar-refractivity contribution in [1.29, 1.82) is 0 Å². The van der Waals surface area contributed by atoms with Crippen molar-refractivity contribution in [2.75, 3.05) is 18.5 Å². The van der Waals surface area contributed by atoms with Gasteiger partial charge in [0, 0.05) is 23.7 Å². The second kappa shape index (κ2) is 13.6. The van der Waals surface area contributed by atoms with Crippen LogP contribution in [0.4, 0.5) is 10.5 Å². The highest BCUT2D eigenvalue weighted by Gasteiger charge is 2.09. The van der Waals surface area contributed by atoms with E-state index in [1.165, 1.54) is 5.56 Å². The number of aliphatic hydroxyl groups excluding tert-OH is 1. The summed E-state index contributed by atoms with van der Waals surface area (Å²) in [6.07, 6.45) is 0.747. The smallest absolute Gasteiger partial charge is 0.411 e. The number of nitrogens with one attached hydrogen (secondary N) is 2. The summed E-state index contributed by atoms with van der Waals surface area (Å²) in [6, 6.07) is 14.9. The van der Waals surface area contributed by atoms with Gasteiger partial charge in [-0.1, -0.05) is 48.9 Å². The maximum absolute atomic E-state index is 11.8. The number of carbonyl (C=O) groups is 2. The molecule has 0 saturated carbocycles. The first-order valence-corrected chi connectivity index (χ1v) is 10.7. The Morgan fingerprint density at radius 3 is 2.61 bits per heavy atom. The molecule has 0 aliphatic carbocycles. The molecule has 1 atom stereocenters.